The summed E-state index contributed by atoms with van der Waals surface area (Å²) in [5, 5.41) is 8.70. The lowest BCUT2D eigenvalue weighted by molar-refractivity contribution is -0.123. The molecule has 3 rings (SSSR count). The molecule has 0 aromatic carbocycles. The van der Waals surface area contributed by atoms with Crippen molar-refractivity contribution >= 4 is 29.7 Å². The Balaban J connectivity index is 0.00000147. The topological polar surface area (TPSA) is 41.1 Å². The Bertz CT molecular complexity index is 448. The van der Waals surface area contributed by atoms with Gasteiger partial charge in [0, 0.05) is 10.9 Å². The van der Waals surface area contributed by atoms with Crippen molar-refractivity contribution in [3.8, 4) is 0 Å². The summed E-state index contributed by atoms with van der Waals surface area (Å²) in [5.41, 5.74) is 1.28. The molecule has 5 heteroatoms. The predicted molar refractivity (Wildman–Crippen MR) is 85.4 cm³/mol. The average Bonchev–Trinajstić information content (AvgIpc) is 3.01. The van der Waals surface area contributed by atoms with Gasteiger partial charge in [-0.15, -0.1) is 23.7 Å². The Morgan fingerprint density at radius 2 is 2.25 bits per heavy atom. The molecule has 3 nitrogen and oxygen atoms in total. The van der Waals surface area contributed by atoms with Crippen molar-refractivity contribution in [3.05, 3.63) is 21.9 Å². The van der Waals surface area contributed by atoms with Gasteiger partial charge in [0.2, 0.25) is 5.91 Å². The number of thiophene rings is 1. The van der Waals surface area contributed by atoms with Gasteiger partial charge in [0.15, 0.2) is 0 Å². The van der Waals surface area contributed by atoms with E-state index >= 15 is 0 Å². The number of carbonyl (C=O) groups excluding carboxylic acids is 1. The van der Waals surface area contributed by atoms with E-state index in [0.717, 1.165) is 12.3 Å². The fourth-order valence-corrected chi connectivity index (χ4v) is 4.24. The third kappa shape index (κ3) is 3.35. The second-order valence-electron chi connectivity index (χ2n) is 5.85. The highest BCUT2D eigenvalue weighted by atomic mass is 35.5. The number of nitrogens with one attached hydrogen (secondary N) is 2. The zero-order chi connectivity index (χ0) is 13.2. The molecule has 1 amide bonds. The van der Waals surface area contributed by atoms with Crippen molar-refractivity contribution in [2.45, 2.75) is 57.7 Å². The van der Waals surface area contributed by atoms with E-state index in [4.69, 9.17) is 0 Å². The molecular formula is C15H23ClN2OS. The van der Waals surface area contributed by atoms with Gasteiger partial charge in [0.25, 0.3) is 0 Å². The highest BCUT2D eigenvalue weighted by Gasteiger charge is 2.37. The van der Waals surface area contributed by atoms with Crippen LogP contribution in [0.2, 0.25) is 0 Å². The summed E-state index contributed by atoms with van der Waals surface area (Å²) >= 11 is 1.72. The number of amides is 1. The summed E-state index contributed by atoms with van der Waals surface area (Å²) in [5.74, 6) is 0.912. The van der Waals surface area contributed by atoms with Crippen LogP contribution in [0.5, 0.6) is 0 Å². The fourth-order valence-electron chi connectivity index (χ4n) is 3.40. The molecule has 2 aliphatic rings. The first-order valence-corrected chi connectivity index (χ1v) is 8.19. The third-order valence-corrected chi connectivity index (χ3v) is 5.59. The second kappa shape index (κ2) is 6.92. The molecule has 3 atom stereocenters. The number of carbonyl (C=O) groups is 1. The Morgan fingerprint density at radius 3 is 2.95 bits per heavy atom. The van der Waals surface area contributed by atoms with Crippen LogP contribution in [-0.4, -0.2) is 18.0 Å². The molecule has 0 bridgehead atoms. The van der Waals surface area contributed by atoms with Gasteiger partial charge >= 0.3 is 0 Å². The number of aryl methyl sites for hydroxylation is 1. The minimum absolute atomic E-state index is 0. The maximum absolute atomic E-state index is 12.2. The first-order chi connectivity index (χ1) is 9.24. The van der Waals surface area contributed by atoms with Gasteiger partial charge in [-0.25, -0.2) is 0 Å². The molecule has 1 aromatic rings. The molecule has 0 radical (unpaired) electrons. The smallest absolute Gasteiger partial charge is 0.237 e. The van der Waals surface area contributed by atoms with Crippen molar-refractivity contribution < 1.29 is 4.79 Å². The Morgan fingerprint density at radius 1 is 1.45 bits per heavy atom. The Labute approximate surface area is 130 Å². The summed E-state index contributed by atoms with van der Waals surface area (Å²) in [6.07, 6.45) is 6.23. The molecule has 2 fully saturated rings. The normalized spacial score (nSPS) is 28.6. The van der Waals surface area contributed by atoms with Gasteiger partial charge in [-0.05, 0) is 49.1 Å². The summed E-state index contributed by atoms with van der Waals surface area (Å²) in [6.45, 7) is 2.77. The number of hydrogen-bond donors (Lipinski definition) is 2. The van der Waals surface area contributed by atoms with E-state index in [1.165, 1.54) is 36.1 Å². The molecule has 112 valence electrons. The van der Waals surface area contributed by atoms with Crippen LogP contribution in [0.4, 0.5) is 0 Å². The predicted octanol–water partition coefficient (Wildman–Crippen LogP) is 3.02. The van der Waals surface area contributed by atoms with Crippen LogP contribution < -0.4 is 10.6 Å². The van der Waals surface area contributed by atoms with E-state index in [-0.39, 0.29) is 24.4 Å². The van der Waals surface area contributed by atoms with Crippen molar-refractivity contribution in [2.24, 2.45) is 5.92 Å². The SMILES string of the molecule is Cc1ccsc1CNC(=O)C1CC2CCCCC2N1.Cl. The summed E-state index contributed by atoms with van der Waals surface area (Å²) < 4.78 is 0. The fraction of sp³-hybridized carbons (Fsp3) is 0.667. The van der Waals surface area contributed by atoms with E-state index in [1.807, 2.05) is 0 Å². The molecule has 2 heterocycles. The van der Waals surface area contributed by atoms with Gasteiger partial charge in [0.1, 0.15) is 0 Å². The lowest BCUT2D eigenvalue weighted by Gasteiger charge is -2.24. The molecule has 1 aromatic heterocycles. The molecule has 0 spiro atoms. The van der Waals surface area contributed by atoms with E-state index in [9.17, 15) is 4.79 Å². The molecule has 3 unspecified atom stereocenters. The molecule has 1 saturated carbocycles. The van der Waals surface area contributed by atoms with Crippen LogP contribution >= 0.6 is 23.7 Å². The minimum Gasteiger partial charge on any atom is -0.350 e. The van der Waals surface area contributed by atoms with Gasteiger partial charge in [-0.1, -0.05) is 12.8 Å². The van der Waals surface area contributed by atoms with E-state index in [0.29, 0.717) is 12.6 Å². The monoisotopic (exact) mass is 314 g/mol. The van der Waals surface area contributed by atoms with Crippen molar-refractivity contribution in [1.29, 1.82) is 0 Å². The zero-order valence-corrected chi connectivity index (χ0v) is 13.5. The molecular weight excluding hydrogens is 292 g/mol. The molecule has 2 N–H and O–H groups in total. The second-order valence-corrected chi connectivity index (χ2v) is 6.85. The highest BCUT2D eigenvalue weighted by molar-refractivity contribution is 7.10. The van der Waals surface area contributed by atoms with Crippen LogP contribution in [0.15, 0.2) is 11.4 Å². The van der Waals surface area contributed by atoms with Crippen LogP contribution in [-0.2, 0) is 11.3 Å². The Kier molecular flexibility index (Phi) is 5.47. The zero-order valence-electron chi connectivity index (χ0n) is 11.9. The lowest BCUT2D eigenvalue weighted by atomic mass is 9.85. The number of fused-ring (bicyclic) bond motifs is 1. The molecule has 1 aliphatic carbocycles. The van der Waals surface area contributed by atoms with Gasteiger partial charge in [0.05, 0.1) is 12.6 Å². The van der Waals surface area contributed by atoms with Crippen molar-refractivity contribution in [2.75, 3.05) is 0 Å². The number of hydrogen-bond acceptors (Lipinski definition) is 3. The quantitative estimate of drug-likeness (QED) is 0.900. The van der Waals surface area contributed by atoms with E-state index in [2.05, 4.69) is 29.0 Å². The first kappa shape index (κ1) is 15.8. The third-order valence-electron chi connectivity index (χ3n) is 4.57. The van der Waals surface area contributed by atoms with Gasteiger partial charge < -0.3 is 10.6 Å². The minimum atomic E-state index is 0. The van der Waals surface area contributed by atoms with Crippen LogP contribution in [0.1, 0.15) is 42.5 Å². The van der Waals surface area contributed by atoms with E-state index < -0.39 is 0 Å². The van der Waals surface area contributed by atoms with Crippen molar-refractivity contribution in [3.63, 3.8) is 0 Å². The highest BCUT2D eigenvalue weighted by Crippen LogP contribution is 2.33. The van der Waals surface area contributed by atoms with Gasteiger partial charge in [-0.2, -0.15) is 0 Å². The maximum Gasteiger partial charge on any atom is 0.237 e. The summed E-state index contributed by atoms with van der Waals surface area (Å²) in [6, 6.07) is 2.73. The standard InChI is InChI=1S/C15H22N2OS.ClH/c1-10-6-7-19-14(10)9-16-15(18)13-8-11-4-2-3-5-12(11)17-13;/h6-7,11-13,17H,2-5,8-9H2,1H3,(H,16,18);1H. The molecule has 1 aliphatic heterocycles. The largest absolute Gasteiger partial charge is 0.350 e. The average molecular weight is 315 g/mol. The number of halogens is 1. The van der Waals surface area contributed by atoms with Crippen LogP contribution in [0, 0.1) is 12.8 Å². The summed E-state index contributed by atoms with van der Waals surface area (Å²) in [4.78, 5) is 13.5. The summed E-state index contributed by atoms with van der Waals surface area (Å²) in [7, 11) is 0. The molecule has 1 saturated heterocycles. The lowest BCUT2D eigenvalue weighted by Crippen LogP contribution is -2.42. The van der Waals surface area contributed by atoms with E-state index in [1.54, 1.807) is 11.3 Å². The molecule has 20 heavy (non-hydrogen) atoms. The maximum atomic E-state index is 12.2. The van der Waals surface area contributed by atoms with Crippen LogP contribution in [0.3, 0.4) is 0 Å². The number of rotatable bonds is 3. The van der Waals surface area contributed by atoms with Crippen LogP contribution in [0.25, 0.3) is 0 Å². The van der Waals surface area contributed by atoms with Crippen molar-refractivity contribution in [1.82, 2.24) is 10.6 Å². The van der Waals surface area contributed by atoms with Gasteiger partial charge in [-0.3, -0.25) is 4.79 Å². The Hall–Kier alpha value is -0.580. The first-order valence-electron chi connectivity index (χ1n) is 7.31.